The van der Waals surface area contributed by atoms with Gasteiger partial charge in [-0.2, -0.15) is 0 Å². The molecule has 0 radical (unpaired) electrons. The summed E-state index contributed by atoms with van der Waals surface area (Å²) >= 11 is 0. The highest BCUT2D eigenvalue weighted by molar-refractivity contribution is 6.26. The van der Waals surface area contributed by atoms with Crippen LogP contribution < -0.4 is 5.32 Å². The number of nitrogens with one attached hydrogen (secondary N) is 1. The molecular weight excluding hydrogens is 308 g/mol. The smallest absolute Gasteiger partial charge is 0.299 e. The van der Waals surface area contributed by atoms with Gasteiger partial charge in [0.15, 0.2) is 11.7 Å². The molecule has 0 spiro atoms. The van der Waals surface area contributed by atoms with E-state index in [0.29, 0.717) is 6.42 Å². The van der Waals surface area contributed by atoms with Crippen molar-refractivity contribution in [3.05, 3.63) is 35.9 Å². The van der Waals surface area contributed by atoms with Gasteiger partial charge in [-0.3, -0.25) is 24.6 Å². The number of barbiturate groups is 1. The van der Waals surface area contributed by atoms with Crippen molar-refractivity contribution in [2.75, 3.05) is 0 Å². The molecule has 1 saturated heterocycles. The first kappa shape index (κ1) is 17.8. The molecular formula is C18H22N2O4. The number of nitrogens with zero attached hydrogens (tertiary/aromatic N) is 1. The van der Waals surface area contributed by atoms with Crippen LogP contribution in [0.1, 0.15) is 45.2 Å². The molecule has 1 aliphatic heterocycles. The molecule has 0 aliphatic carbocycles. The highest BCUT2D eigenvalue weighted by Crippen LogP contribution is 2.32. The average molecular weight is 330 g/mol. The molecule has 3 unspecified atom stereocenters. The van der Waals surface area contributed by atoms with Gasteiger partial charge < -0.3 is 0 Å². The third-order valence-corrected chi connectivity index (χ3v) is 4.42. The molecule has 1 aliphatic rings. The van der Waals surface area contributed by atoms with Crippen molar-refractivity contribution in [1.82, 2.24) is 10.2 Å². The van der Waals surface area contributed by atoms with Gasteiger partial charge in [-0.15, -0.1) is 0 Å². The lowest BCUT2D eigenvalue weighted by molar-refractivity contribution is -0.148. The van der Waals surface area contributed by atoms with Gasteiger partial charge in [-0.25, -0.2) is 4.79 Å². The van der Waals surface area contributed by atoms with E-state index in [2.05, 4.69) is 5.32 Å². The first-order valence-electron chi connectivity index (χ1n) is 8.10. The minimum absolute atomic E-state index is 0.268. The Labute approximate surface area is 141 Å². The van der Waals surface area contributed by atoms with E-state index in [9.17, 15) is 19.2 Å². The van der Waals surface area contributed by atoms with Crippen LogP contribution in [0.2, 0.25) is 0 Å². The molecule has 3 atom stereocenters. The lowest BCUT2D eigenvalue weighted by Crippen LogP contribution is -2.60. The van der Waals surface area contributed by atoms with Gasteiger partial charge in [0.1, 0.15) is 0 Å². The summed E-state index contributed by atoms with van der Waals surface area (Å²) in [6.07, 6.45) is 1.46. The van der Waals surface area contributed by atoms with Gasteiger partial charge in [-0.1, -0.05) is 50.6 Å². The summed E-state index contributed by atoms with van der Waals surface area (Å²) < 4.78 is 0. The zero-order chi connectivity index (χ0) is 17.9. The first-order valence-corrected chi connectivity index (χ1v) is 8.10. The molecule has 0 bridgehead atoms. The van der Waals surface area contributed by atoms with Gasteiger partial charge in [0.05, 0.1) is 6.04 Å². The first-order chi connectivity index (χ1) is 11.4. The quantitative estimate of drug-likeness (QED) is 0.812. The monoisotopic (exact) mass is 330 g/mol. The Hall–Kier alpha value is -2.50. The van der Waals surface area contributed by atoms with Crippen LogP contribution in [-0.4, -0.2) is 28.5 Å². The Balaban J connectivity index is 2.43. The van der Waals surface area contributed by atoms with E-state index in [4.69, 9.17) is 0 Å². The minimum Gasteiger partial charge on any atom is -0.299 e. The number of Topliss-reactive ketones (excluding diaryl/α,β-unsaturated/α-hetero) is 1. The van der Waals surface area contributed by atoms with Gasteiger partial charge in [0, 0.05) is 0 Å². The van der Waals surface area contributed by atoms with Crippen molar-refractivity contribution in [1.29, 1.82) is 0 Å². The van der Waals surface area contributed by atoms with E-state index >= 15 is 0 Å². The predicted octanol–water partition coefficient (Wildman–Crippen LogP) is 2.45. The lowest BCUT2D eigenvalue weighted by Gasteiger charge is -2.36. The summed E-state index contributed by atoms with van der Waals surface area (Å²) in [5.41, 5.74) is 0.804. The van der Waals surface area contributed by atoms with Crippen LogP contribution in [0, 0.1) is 11.8 Å². The molecule has 0 saturated carbocycles. The summed E-state index contributed by atoms with van der Waals surface area (Å²) in [6.45, 7) is 5.25. The number of rotatable bonds is 6. The number of benzene rings is 1. The second-order valence-electron chi connectivity index (χ2n) is 6.22. The maximum Gasteiger partial charge on any atom is 0.331 e. The molecule has 1 heterocycles. The standard InChI is InChI=1S/C18H22N2O4/c1-4-11(2)10-14(13-8-6-5-7-9-13)20-17(23)15(12(3)21)16(22)19-18(20)24/h5-9,11,14-15H,4,10H2,1-3H3,(H,19,22,24). The molecule has 1 aromatic rings. The second kappa shape index (κ2) is 7.38. The molecule has 6 nitrogen and oxygen atoms in total. The van der Waals surface area contributed by atoms with Gasteiger partial charge >= 0.3 is 6.03 Å². The van der Waals surface area contributed by atoms with Gasteiger partial charge in [0.25, 0.3) is 5.91 Å². The molecule has 24 heavy (non-hydrogen) atoms. The Morgan fingerprint density at radius 1 is 1.21 bits per heavy atom. The van der Waals surface area contributed by atoms with E-state index < -0.39 is 35.6 Å². The molecule has 1 N–H and O–H groups in total. The fourth-order valence-corrected chi connectivity index (χ4v) is 2.86. The van der Waals surface area contributed by atoms with Crippen LogP contribution in [0.3, 0.4) is 0 Å². The van der Waals surface area contributed by atoms with Crippen molar-refractivity contribution >= 4 is 23.6 Å². The predicted molar refractivity (Wildman–Crippen MR) is 87.8 cm³/mol. The number of carbonyl (C=O) groups is 4. The molecule has 6 heteroatoms. The van der Waals surface area contributed by atoms with Gasteiger partial charge in [-0.05, 0) is 24.8 Å². The van der Waals surface area contributed by atoms with Crippen molar-refractivity contribution in [2.24, 2.45) is 11.8 Å². The number of carbonyl (C=O) groups excluding carboxylic acids is 4. The Bertz CT molecular complexity index is 656. The SMILES string of the molecule is CCC(C)CC(c1ccccc1)N1C(=O)NC(=O)C(C(C)=O)C1=O. The zero-order valence-corrected chi connectivity index (χ0v) is 14.1. The van der Waals surface area contributed by atoms with Crippen molar-refractivity contribution in [3.8, 4) is 0 Å². The number of hydrogen-bond acceptors (Lipinski definition) is 4. The zero-order valence-electron chi connectivity index (χ0n) is 14.1. The number of imide groups is 2. The summed E-state index contributed by atoms with van der Waals surface area (Å²) in [4.78, 5) is 49.6. The number of urea groups is 1. The Kier molecular flexibility index (Phi) is 5.49. The molecule has 4 amide bonds. The maximum atomic E-state index is 12.7. The lowest BCUT2D eigenvalue weighted by atomic mass is 9.90. The van der Waals surface area contributed by atoms with E-state index in [-0.39, 0.29) is 5.92 Å². The molecule has 1 fully saturated rings. The van der Waals surface area contributed by atoms with Crippen LogP contribution >= 0.6 is 0 Å². The van der Waals surface area contributed by atoms with Crippen LogP contribution in [0.15, 0.2) is 30.3 Å². The van der Waals surface area contributed by atoms with E-state index in [0.717, 1.165) is 16.9 Å². The van der Waals surface area contributed by atoms with Crippen molar-refractivity contribution in [2.45, 2.75) is 39.7 Å². The molecule has 128 valence electrons. The average Bonchev–Trinajstić information content (AvgIpc) is 2.53. The number of amides is 4. The van der Waals surface area contributed by atoms with E-state index in [1.54, 1.807) is 0 Å². The van der Waals surface area contributed by atoms with Crippen LogP contribution in [0.25, 0.3) is 0 Å². The van der Waals surface area contributed by atoms with Crippen LogP contribution in [-0.2, 0) is 14.4 Å². The summed E-state index contributed by atoms with van der Waals surface area (Å²) in [6, 6.07) is 7.92. The van der Waals surface area contributed by atoms with Gasteiger partial charge in [0.2, 0.25) is 5.91 Å². The van der Waals surface area contributed by atoms with Crippen molar-refractivity contribution in [3.63, 3.8) is 0 Å². The number of ketones is 1. The minimum atomic E-state index is -1.45. The largest absolute Gasteiger partial charge is 0.331 e. The van der Waals surface area contributed by atoms with E-state index in [1.165, 1.54) is 6.92 Å². The number of hydrogen-bond donors (Lipinski definition) is 1. The highest BCUT2D eigenvalue weighted by atomic mass is 16.2. The highest BCUT2D eigenvalue weighted by Gasteiger charge is 2.46. The topological polar surface area (TPSA) is 83.6 Å². The maximum absolute atomic E-state index is 12.7. The Morgan fingerprint density at radius 2 is 1.83 bits per heavy atom. The summed E-state index contributed by atoms with van der Waals surface area (Å²) in [5, 5.41) is 2.14. The normalized spacial score (nSPS) is 20.5. The van der Waals surface area contributed by atoms with Crippen molar-refractivity contribution < 1.29 is 19.2 Å². The fraction of sp³-hybridized carbons (Fsp3) is 0.444. The molecule has 0 aromatic heterocycles. The summed E-state index contributed by atoms with van der Waals surface area (Å²) in [7, 11) is 0. The summed E-state index contributed by atoms with van der Waals surface area (Å²) in [5.74, 6) is -3.34. The van der Waals surface area contributed by atoms with Crippen LogP contribution in [0.5, 0.6) is 0 Å². The molecule has 1 aromatic carbocycles. The van der Waals surface area contributed by atoms with E-state index in [1.807, 2.05) is 44.2 Å². The third-order valence-electron chi connectivity index (χ3n) is 4.42. The molecule has 2 rings (SSSR count). The third kappa shape index (κ3) is 3.53. The van der Waals surface area contributed by atoms with Crippen LogP contribution in [0.4, 0.5) is 4.79 Å². The Morgan fingerprint density at radius 3 is 2.38 bits per heavy atom. The second-order valence-corrected chi connectivity index (χ2v) is 6.22. The fourth-order valence-electron chi connectivity index (χ4n) is 2.86.